The lowest BCUT2D eigenvalue weighted by Crippen LogP contribution is -2.24. The number of thioether (sulfide) groups is 1. The predicted molar refractivity (Wildman–Crippen MR) is 137 cm³/mol. The van der Waals surface area contributed by atoms with Gasteiger partial charge in [0, 0.05) is 11.1 Å². The van der Waals surface area contributed by atoms with Crippen molar-refractivity contribution in [1.29, 1.82) is 0 Å². The molecule has 0 amide bonds. The SMILES string of the molecule is Cc1cccc(C)c1OCCSc1nnc(-c2nn(Cc3ccccc3)c(=O)c3ccccc23)o1. The van der Waals surface area contributed by atoms with Gasteiger partial charge in [-0.1, -0.05) is 78.5 Å². The Balaban J connectivity index is 1.36. The molecule has 5 aromatic rings. The van der Waals surface area contributed by atoms with Crippen molar-refractivity contribution < 1.29 is 9.15 Å². The molecule has 176 valence electrons. The fourth-order valence-electron chi connectivity index (χ4n) is 3.92. The normalized spacial score (nSPS) is 11.1. The molecule has 0 unspecified atom stereocenters. The Bertz CT molecular complexity index is 1510. The minimum atomic E-state index is -0.161. The van der Waals surface area contributed by atoms with E-state index in [1.54, 1.807) is 6.07 Å². The summed E-state index contributed by atoms with van der Waals surface area (Å²) in [4.78, 5) is 13.1. The molecule has 0 atom stereocenters. The summed E-state index contributed by atoms with van der Waals surface area (Å²) < 4.78 is 13.3. The average molecular weight is 485 g/mol. The van der Waals surface area contributed by atoms with Crippen LogP contribution in [0.15, 0.2) is 87.2 Å². The minimum absolute atomic E-state index is 0.161. The molecule has 0 fully saturated rings. The predicted octanol–water partition coefficient (Wildman–Crippen LogP) is 5.28. The van der Waals surface area contributed by atoms with Crippen LogP contribution in [-0.4, -0.2) is 32.3 Å². The first kappa shape index (κ1) is 22.9. The van der Waals surface area contributed by atoms with Crippen LogP contribution in [0.4, 0.5) is 0 Å². The van der Waals surface area contributed by atoms with Crippen molar-refractivity contribution in [3.63, 3.8) is 0 Å². The molecule has 0 aliphatic heterocycles. The highest BCUT2D eigenvalue weighted by Crippen LogP contribution is 2.27. The summed E-state index contributed by atoms with van der Waals surface area (Å²) in [5.74, 6) is 1.84. The summed E-state index contributed by atoms with van der Waals surface area (Å²) in [7, 11) is 0. The highest BCUT2D eigenvalue weighted by atomic mass is 32.2. The van der Waals surface area contributed by atoms with Gasteiger partial charge in [-0.3, -0.25) is 4.79 Å². The van der Waals surface area contributed by atoms with E-state index in [4.69, 9.17) is 9.15 Å². The van der Waals surface area contributed by atoms with Crippen LogP contribution >= 0.6 is 11.8 Å². The number of aromatic nitrogens is 4. The maximum absolute atomic E-state index is 13.1. The van der Waals surface area contributed by atoms with Crippen LogP contribution in [-0.2, 0) is 6.54 Å². The molecule has 2 heterocycles. The molecule has 3 aromatic carbocycles. The smallest absolute Gasteiger partial charge is 0.277 e. The van der Waals surface area contributed by atoms with Gasteiger partial charge >= 0.3 is 0 Å². The Hall–Kier alpha value is -3.91. The van der Waals surface area contributed by atoms with Gasteiger partial charge in [-0.2, -0.15) is 5.10 Å². The average Bonchev–Trinajstić information content (AvgIpc) is 3.34. The summed E-state index contributed by atoms with van der Waals surface area (Å²) in [6.45, 7) is 4.93. The zero-order valence-corrected chi connectivity index (χ0v) is 20.3. The molecule has 0 bridgehead atoms. The highest BCUT2D eigenvalue weighted by molar-refractivity contribution is 7.99. The Kier molecular flexibility index (Phi) is 6.63. The van der Waals surface area contributed by atoms with Gasteiger partial charge < -0.3 is 9.15 Å². The molecular weight excluding hydrogens is 460 g/mol. The van der Waals surface area contributed by atoms with Crippen molar-refractivity contribution in [3.05, 3.63) is 99.8 Å². The van der Waals surface area contributed by atoms with E-state index < -0.39 is 0 Å². The zero-order valence-electron chi connectivity index (χ0n) is 19.5. The van der Waals surface area contributed by atoms with Gasteiger partial charge in [-0.05, 0) is 36.6 Å². The maximum atomic E-state index is 13.1. The molecule has 0 radical (unpaired) electrons. The zero-order chi connectivity index (χ0) is 24.2. The van der Waals surface area contributed by atoms with E-state index in [0.29, 0.717) is 40.6 Å². The molecule has 5 rings (SSSR count). The molecule has 0 aliphatic carbocycles. The first-order valence-corrected chi connectivity index (χ1v) is 12.3. The molecule has 0 saturated heterocycles. The van der Waals surface area contributed by atoms with Gasteiger partial charge in [0.25, 0.3) is 16.7 Å². The Labute approximate surface area is 206 Å². The van der Waals surface area contributed by atoms with Gasteiger partial charge in [-0.15, -0.1) is 10.2 Å². The lowest BCUT2D eigenvalue weighted by Gasteiger charge is -2.11. The lowest BCUT2D eigenvalue weighted by molar-refractivity contribution is 0.338. The third-order valence-corrected chi connectivity index (χ3v) is 6.40. The summed E-state index contributed by atoms with van der Waals surface area (Å²) in [5, 5.41) is 14.7. The number of rotatable bonds is 8. The van der Waals surface area contributed by atoms with E-state index in [0.717, 1.165) is 22.4 Å². The van der Waals surface area contributed by atoms with E-state index in [2.05, 4.69) is 15.3 Å². The van der Waals surface area contributed by atoms with E-state index in [9.17, 15) is 4.79 Å². The van der Waals surface area contributed by atoms with Crippen molar-refractivity contribution in [2.75, 3.05) is 12.4 Å². The fourth-order valence-corrected chi connectivity index (χ4v) is 4.50. The monoisotopic (exact) mass is 484 g/mol. The Morgan fingerprint density at radius 2 is 1.60 bits per heavy atom. The Morgan fingerprint density at radius 1 is 0.886 bits per heavy atom. The number of aryl methyl sites for hydroxylation is 2. The van der Waals surface area contributed by atoms with Gasteiger partial charge in [0.05, 0.1) is 18.5 Å². The van der Waals surface area contributed by atoms with E-state index in [1.165, 1.54) is 16.4 Å². The number of para-hydroxylation sites is 1. The maximum Gasteiger partial charge on any atom is 0.277 e. The molecule has 7 nitrogen and oxygen atoms in total. The Morgan fingerprint density at radius 3 is 2.37 bits per heavy atom. The topological polar surface area (TPSA) is 83.0 Å². The quantitative estimate of drug-likeness (QED) is 0.219. The minimum Gasteiger partial charge on any atom is -0.492 e. The molecule has 2 aromatic heterocycles. The molecule has 8 heteroatoms. The van der Waals surface area contributed by atoms with Crippen LogP contribution in [0.5, 0.6) is 5.75 Å². The van der Waals surface area contributed by atoms with Gasteiger partial charge in [0.15, 0.2) is 5.69 Å². The van der Waals surface area contributed by atoms with Crippen LogP contribution in [0.3, 0.4) is 0 Å². The van der Waals surface area contributed by atoms with Gasteiger partial charge in [0.2, 0.25) is 0 Å². The van der Waals surface area contributed by atoms with E-state index in [1.807, 2.05) is 80.6 Å². The highest BCUT2D eigenvalue weighted by Gasteiger charge is 2.18. The van der Waals surface area contributed by atoms with Crippen molar-refractivity contribution >= 4 is 22.5 Å². The molecule has 0 spiro atoms. The largest absolute Gasteiger partial charge is 0.492 e. The summed E-state index contributed by atoms with van der Waals surface area (Å²) in [6, 6.07) is 23.2. The molecule has 0 aliphatic rings. The lowest BCUT2D eigenvalue weighted by atomic mass is 10.1. The number of fused-ring (bicyclic) bond motifs is 1. The van der Waals surface area contributed by atoms with Gasteiger partial charge in [0.1, 0.15) is 5.75 Å². The first-order chi connectivity index (χ1) is 17.1. The first-order valence-electron chi connectivity index (χ1n) is 11.3. The second kappa shape index (κ2) is 10.1. The van der Waals surface area contributed by atoms with Crippen LogP contribution in [0, 0.1) is 13.8 Å². The number of benzene rings is 3. The number of ether oxygens (including phenoxy) is 1. The van der Waals surface area contributed by atoms with Crippen LogP contribution in [0.1, 0.15) is 16.7 Å². The fraction of sp³-hybridized carbons (Fsp3) is 0.185. The van der Waals surface area contributed by atoms with Crippen LogP contribution in [0.2, 0.25) is 0 Å². The third kappa shape index (κ3) is 4.97. The number of hydrogen-bond acceptors (Lipinski definition) is 7. The number of nitrogens with zero attached hydrogens (tertiary/aromatic N) is 4. The van der Waals surface area contributed by atoms with Crippen molar-refractivity contribution in [2.24, 2.45) is 0 Å². The second-order valence-electron chi connectivity index (χ2n) is 8.13. The molecule has 0 N–H and O–H groups in total. The number of hydrogen-bond donors (Lipinski definition) is 0. The summed E-state index contributed by atoms with van der Waals surface area (Å²) >= 11 is 1.42. The molecule has 0 saturated carbocycles. The standard InChI is InChI=1S/C27H24N4O3S/c1-18-9-8-10-19(2)24(18)33-15-16-35-27-29-28-25(34-27)23-21-13-6-7-14-22(21)26(32)31(30-23)17-20-11-4-3-5-12-20/h3-14H,15-17H2,1-2H3. The second-order valence-corrected chi connectivity index (χ2v) is 9.18. The van der Waals surface area contributed by atoms with E-state index in [-0.39, 0.29) is 11.4 Å². The van der Waals surface area contributed by atoms with Crippen molar-refractivity contribution in [3.8, 4) is 17.3 Å². The van der Waals surface area contributed by atoms with Crippen LogP contribution in [0.25, 0.3) is 22.4 Å². The third-order valence-electron chi connectivity index (χ3n) is 5.62. The summed E-state index contributed by atoms with van der Waals surface area (Å²) in [6.07, 6.45) is 0. The van der Waals surface area contributed by atoms with Crippen molar-refractivity contribution in [1.82, 2.24) is 20.0 Å². The molecular formula is C27H24N4O3S. The molecule has 35 heavy (non-hydrogen) atoms. The summed E-state index contributed by atoms with van der Waals surface area (Å²) in [5.41, 5.74) is 3.53. The van der Waals surface area contributed by atoms with Crippen molar-refractivity contribution in [2.45, 2.75) is 25.6 Å². The van der Waals surface area contributed by atoms with E-state index >= 15 is 0 Å². The van der Waals surface area contributed by atoms with Crippen LogP contribution < -0.4 is 10.3 Å². The van der Waals surface area contributed by atoms with Gasteiger partial charge in [-0.25, -0.2) is 4.68 Å².